The molecule has 3 heteroatoms. The zero-order valence-electron chi connectivity index (χ0n) is 17.1. The maximum Gasteiger partial charge on any atom is 0.274 e. The molecular formula is C23H18N3+. The van der Waals surface area contributed by atoms with Crippen molar-refractivity contribution in [1.82, 2.24) is 9.13 Å². The number of hydrogen-bond acceptors (Lipinski definition) is 0. The molecule has 0 saturated heterocycles. The summed E-state index contributed by atoms with van der Waals surface area (Å²) in [5.41, 5.74) is 5.78. The molecule has 0 saturated carbocycles. The van der Waals surface area contributed by atoms with Crippen molar-refractivity contribution in [2.75, 3.05) is 0 Å². The second-order valence-electron chi connectivity index (χ2n) is 6.76. The fourth-order valence-electron chi connectivity index (χ4n) is 4.31. The quantitative estimate of drug-likeness (QED) is 0.393. The Morgan fingerprint density at radius 2 is 1.65 bits per heavy atom. The third-order valence-corrected chi connectivity index (χ3v) is 5.37. The molecule has 6 rings (SSSR count). The molecule has 26 heavy (non-hydrogen) atoms. The lowest BCUT2D eigenvalue weighted by Crippen LogP contribution is -2.31. The fraction of sp³-hybridized carbons (Fsp3) is 0.0870. The molecule has 0 radical (unpaired) electrons. The lowest BCUT2D eigenvalue weighted by Gasteiger charge is -2.03. The number of benzene rings is 3. The van der Waals surface area contributed by atoms with Crippen molar-refractivity contribution in [2.24, 2.45) is 6.98 Å². The second-order valence-corrected chi connectivity index (χ2v) is 6.76. The van der Waals surface area contributed by atoms with Gasteiger partial charge in [-0.15, -0.1) is 0 Å². The van der Waals surface area contributed by atoms with Crippen molar-refractivity contribution in [3.63, 3.8) is 0 Å². The van der Waals surface area contributed by atoms with Gasteiger partial charge in [-0.05, 0) is 35.9 Å². The number of fused-ring (bicyclic) bond motifs is 7. The first kappa shape index (κ1) is 11.3. The molecule has 0 unspecified atom stereocenters. The minimum absolute atomic E-state index is 0.674. The van der Waals surface area contributed by atoms with Crippen LogP contribution in [0.15, 0.2) is 78.9 Å². The van der Waals surface area contributed by atoms with Gasteiger partial charge in [0.15, 0.2) is 5.52 Å². The van der Waals surface area contributed by atoms with Gasteiger partial charge in [-0.2, -0.15) is 0 Å². The molecule has 2 aromatic heterocycles. The van der Waals surface area contributed by atoms with Gasteiger partial charge in [-0.3, -0.25) is 0 Å². The number of hydrogen-bond donors (Lipinski definition) is 0. The highest BCUT2D eigenvalue weighted by Crippen LogP contribution is 2.38. The van der Waals surface area contributed by atoms with Crippen LogP contribution >= 0.6 is 0 Å². The number of para-hydroxylation sites is 2. The maximum atomic E-state index is 8.38. The topological polar surface area (TPSA) is 13.7 Å². The first-order valence-corrected chi connectivity index (χ1v) is 8.77. The number of nitrogens with zero attached hydrogens (tertiary/aromatic N) is 3. The largest absolute Gasteiger partial charge is 0.274 e. The summed E-state index contributed by atoms with van der Waals surface area (Å²) in [4.78, 5) is 0. The van der Waals surface area contributed by atoms with Crippen LogP contribution in [0, 0.1) is 0 Å². The van der Waals surface area contributed by atoms with E-state index in [0.29, 0.717) is 12.2 Å². The molecule has 5 aromatic rings. The smallest absolute Gasteiger partial charge is 0.248 e. The van der Waals surface area contributed by atoms with Crippen molar-refractivity contribution >= 4 is 22.1 Å². The van der Waals surface area contributed by atoms with Crippen LogP contribution in [0.4, 0.5) is 0 Å². The Kier molecular flexibility index (Phi) is 2.11. The Morgan fingerprint density at radius 1 is 0.885 bits per heavy atom. The van der Waals surface area contributed by atoms with Crippen molar-refractivity contribution < 1.29 is 8.68 Å². The van der Waals surface area contributed by atoms with Crippen LogP contribution in [0.5, 0.6) is 0 Å². The predicted molar refractivity (Wildman–Crippen MR) is 104 cm³/mol. The Bertz CT molecular complexity index is 1410. The van der Waals surface area contributed by atoms with Gasteiger partial charge in [0.05, 0.1) is 28.6 Å². The van der Waals surface area contributed by atoms with E-state index in [1.807, 2.05) is 60.7 Å². The van der Waals surface area contributed by atoms with E-state index in [-0.39, 0.29) is 0 Å². The second kappa shape index (κ2) is 4.85. The SMILES string of the molecule is [2H]C([2H])([2H])[n+]1c2n(c3c4ccccc4n(-c4ccccc4)c31)Cc1ccccc1-2. The van der Waals surface area contributed by atoms with E-state index in [9.17, 15) is 0 Å². The van der Waals surface area contributed by atoms with Crippen LogP contribution in [0.3, 0.4) is 0 Å². The highest BCUT2D eigenvalue weighted by Gasteiger charge is 2.35. The van der Waals surface area contributed by atoms with Crippen LogP contribution in [-0.4, -0.2) is 9.13 Å². The molecule has 0 spiro atoms. The maximum absolute atomic E-state index is 8.38. The number of imidazole rings is 1. The van der Waals surface area contributed by atoms with Gasteiger partial charge in [0.1, 0.15) is 11.2 Å². The first-order valence-electron chi connectivity index (χ1n) is 10.3. The van der Waals surface area contributed by atoms with E-state index < -0.39 is 6.98 Å². The molecule has 0 amide bonds. The Labute approximate surface area is 155 Å². The normalized spacial score (nSPS) is 14.8. The Morgan fingerprint density at radius 3 is 2.54 bits per heavy atom. The van der Waals surface area contributed by atoms with E-state index in [4.69, 9.17) is 4.11 Å². The van der Waals surface area contributed by atoms with Gasteiger partial charge >= 0.3 is 0 Å². The van der Waals surface area contributed by atoms with E-state index >= 15 is 0 Å². The lowest BCUT2D eigenvalue weighted by atomic mass is 10.1. The minimum Gasteiger partial charge on any atom is -0.248 e. The zero-order valence-corrected chi connectivity index (χ0v) is 14.1. The number of rotatable bonds is 1. The van der Waals surface area contributed by atoms with Crippen LogP contribution in [0.1, 0.15) is 9.68 Å². The summed E-state index contributed by atoms with van der Waals surface area (Å²) in [5, 5.41) is 1.06. The lowest BCUT2D eigenvalue weighted by molar-refractivity contribution is -0.636. The highest BCUT2D eigenvalue weighted by molar-refractivity contribution is 6.06. The monoisotopic (exact) mass is 339 g/mol. The Hall–Kier alpha value is -3.33. The average Bonchev–Trinajstić information content (AvgIpc) is 3.34. The van der Waals surface area contributed by atoms with E-state index in [0.717, 1.165) is 39.1 Å². The highest BCUT2D eigenvalue weighted by atomic mass is 15.2. The summed E-state index contributed by atoms with van der Waals surface area (Å²) in [6.07, 6.45) is 0. The van der Waals surface area contributed by atoms with E-state index in [1.54, 1.807) is 4.57 Å². The van der Waals surface area contributed by atoms with Crippen molar-refractivity contribution in [3.8, 4) is 17.1 Å². The van der Waals surface area contributed by atoms with Gasteiger partial charge in [0, 0.05) is 0 Å². The van der Waals surface area contributed by atoms with Gasteiger partial charge in [-0.25, -0.2) is 13.7 Å². The molecule has 3 aromatic carbocycles. The molecule has 3 heterocycles. The van der Waals surface area contributed by atoms with Crippen molar-refractivity contribution in [3.05, 3.63) is 84.4 Å². The summed E-state index contributed by atoms with van der Waals surface area (Å²) in [7, 11) is 0. The van der Waals surface area contributed by atoms with Gasteiger partial charge in [0.2, 0.25) is 5.82 Å². The fourth-order valence-corrected chi connectivity index (χ4v) is 4.31. The predicted octanol–water partition coefficient (Wildman–Crippen LogP) is 4.44. The molecule has 124 valence electrons. The molecule has 1 aliphatic rings. The molecule has 3 nitrogen and oxygen atoms in total. The van der Waals surface area contributed by atoms with Gasteiger partial charge in [0.25, 0.3) is 5.65 Å². The van der Waals surface area contributed by atoms with Crippen LogP contribution < -0.4 is 4.57 Å². The average molecular weight is 339 g/mol. The summed E-state index contributed by atoms with van der Waals surface area (Å²) in [6, 6.07) is 26.2. The third kappa shape index (κ3) is 1.60. The molecule has 0 bridgehead atoms. The molecule has 0 atom stereocenters. The van der Waals surface area contributed by atoms with Crippen LogP contribution in [0.2, 0.25) is 0 Å². The summed E-state index contributed by atoms with van der Waals surface area (Å²) in [6.45, 7) is -1.63. The molecule has 1 aliphatic heterocycles. The molecular weight excluding hydrogens is 318 g/mol. The standard InChI is InChI=1S/C23H18N3/c1-24-22-18-12-6-5-9-16(18)15-25(22)21-19-13-7-8-14-20(19)26(23(21)24)17-10-3-2-4-11-17/h2-14H,15H2,1H3/q+1/i1D3. The zero-order chi connectivity index (χ0) is 19.8. The van der Waals surface area contributed by atoms with Crippen molar-refractivity contribution in [1.29, 1.82) is 0 Å². The van der Waals surface area contributed by atoms with E-state index in [2.05, 4.69) is 27.3 Å². The first-order chi connectivity index (χ1) is 14.1. The Balaban J connectivity index is 1.88. The minimum atomic E-state index is -2.31. The summed E-state index contributed by atoms with van der Waals surface area (Å²) in [5.74, 6) is 0.751. The summed E-state index contributed by atoms with van der Waals surface area (Å²) < 4.78 is 30.9. The molecule has 0 aliphatic carbocycles. The van der Waals surface area contributed by atoms with Gasteiger partial charge in [-0.1, -0.05) is 48.5 Å². The number of aromatic nitrogens is 3. The molecule has 0 N–H and O–H groups in total. The number of aryl methyl sites for hydroxylation is 1. The van der Waals surface area contributed by atoms with E-state index in [1.165, 1.54) is 0 Å². The van der Waals surface area contributed by atoms with Gasteiger partial charge < -0.3 is 0 Å². The van der Waals surface area contributed by atoms with Crippen LogP contribution in [-0.2, 0) is 13.5 Å². The van der Waals surface area contributed by atoms with Crippen LogP contribution in [0.25, 0.3) is 39.1 Å². The van der Waals surface area contributed by atoms with Crippen molar-refractivity contribution in [2.45, 2.75) is 6.54 Å². The third-order valence-electron chi connectivity index (χ3n) is 5.37. The molecule has 0 fully saturated rings. The summed E-state index contributed by atoms with van der Waals surface area (Å²) >= 11 is 0.